The Morgan fingerprint density at radius 3 is 2.39 bits per heavy atom. The van der Waals surface area contributed by atoms with Gasteiger partial charge in [0, 0.05) is 5.56 Å². The molecule has 0 aliphatic carbocycles. The van der Waals surface area contributed by atoms with Crippen LogP contribution in [0.15, 0.2) is 29.2 Å². The van der Waals surface area contributed by atoms with Gasteiger partial charge in [0.25, 0.3) is 0 Å². The van der Waals surface area contributed by atoms with E-state index in [2.05, 4.69) is 0 Å². The van der Waals surface area contributed by atoms with E-state index in [1.54, 1.807) is 0 Å². The van der Waals surface area contributed by atoms with Gasteiger partial charge < -0.3 is 15.9 Å². The van der Waals surface area contributed by atoms with Gasteiger partial charge in [-0.3, -0.25) is 4.79 Å². The molecule has 4 N–H and O–H groups in total. The van der Waals surface area contributed by atoms with Crippen molar-refractivity contribution in [2.45, 2.75) is 23.5 Å². The molecule has 2 unspecified atom stereocenters. The first-order valence-corrected chi connectivity index (χ1v) is 6.30. The van der Waals surface area contributed by atoms with Crippen LogP contribution in [-0.2, 0) is 15.0 Å². The van der Waals surface area contributed by atoms with E-state index in [1.165, 1.54) is 12.1 Å². The molecule has 0 aliphatic rings. The third-order valence-corrected chi connectivity index (χ3v) is 3.17. The summed E-state index contributed by atoms with van der Waals surface area (Å²) in [6.07, 6.45) is -3.90. The maximum absolute atomic E-state index is 13.0. The van der Waals surface area contributed by atoms with Crippen LogP contribution in [0.3, 0.4) is 0 Å². The van der Waals surface area contributed by atoms with E-state index in [4.69, 9.17) is 5.73 Å². The zero-order valence-electron chi connectivity index (χ0n) is 9.15. The van der Waals surface area contributed by atoms with Crippen LogP contribution in [0.1, 0.15) is 18.1 Å². The van der Waals surface area contributed by atoms with Gasteiger partial charge in [0.05, 0.1) is 12.5 Å². The van der Waals surface area contributed by atoms with Gasteiger partial charge in [-0.15, -0.1) is 3.89 Å². The lowest BCUT2D eigenvalue weighted by Crippen LogP contribution is -2.26. The molecule has 100 valence electrons. The number of carbonyl (C=O) groups excluding carboxylic acids is 1. The molecule has 1 rings (SSSR count). The van der Waals surface area contributed by atoms with E-state index in [1.807, 2.05) is 0 Å². The molecule has 18 heavy (non-hydrogen) atoms. The van der Waals surface area contributed by atoms with Crippen molar-refractivity contribution in [1.29, 1.82) is 0 Å². The second-order valence-electron chi connectivity index (χ2n) is 3.66. The van der Waals surface area contributed by atoms with Crippen molar-refractivity contribution in [1.82, 2.24) is 0 Å². The normalized spacial score (nSPS) is 15.1. The number of aliphatic hydroxyl groups excluding tert-OH is 2. The van der Waals surface area contributed by atoms with Crippen LogP contribution < -0.4 is 5.73 Å². The first-order valence-electron chi connectivity index (χ1n) is 4.91. The van der Waals surface area contributed by atoms with Crippen molar-refractivity contribution < 1.29 is 27.3 Å². The Hall–Kier alpha value is -1.51. The summed E-state index contributed by atoms with van der Waals surface area (Å²) in [5.41, 5.74) is 4.51. The number of primary amides is 1. The molecular weight excluding hydrogens is 265 g/mol. The summed E-state index contributed by atoms with van der Waals surface area (Å²) in [5.74, 6) is -0.873. The van der Waals surface area contributed by atoms with Crippen LogP contribution in [0.25, 0.3) is 0 Å². The number of hydrogen-bond acceptors (Lipinski definition) is 5. The summed E-state index contributed by atoms with van der Waals surface area (Å²) < 4.78 is 34.7. The lowest BCUT2D eigenvalue weighted by atomic mass is 10.0. The average Bonchev–Trinajstić information content (AvgIpc) is 2.26. The summed E-state index contributed by atoms with van der Waals surface area (Å²) in [6, 6.07) is 4.72. The van der Waals surface area contributed by atoms with Gasteiger partial charge in [-0.2, -0.15) is 8.42 Å². The second-order valence-corrected chi connectivity index (χ2v) is 4.97. The largest absolute Gasteiger partial charge is 0.390 e. The van der Waals surface area contributed by atoms with E-state index in [9.17, 15) is 27.3 Å². The van der Waals surface area contributed by atoms with Gasteiger partial charge in [0.2, 0.25) is 5.91 Å². The van der Waals surface area contributed by atoms with E-state index in [0.29, 0.717) is 0 Å². The Labute approximate surface area is 103 Å². The highest BCUT2D eigenvalue weighted by molar-refractivity contribution is 7.86. The Bertz CT molecular complexity index is 545. The van der Waals surface area contributed by atoms with Crippen molar-refractivity contribution in [3.63, 3.8) is 0 Å². The molecule has 8 heteroatoms. The summed E-state index contributed by atoms with van der Waals surface area (Å²) >= 11 is 0. The molecule has 1 aromatic carbocycles. The molecule has 0 fully saturated rings. The number of amides is 1. The van der Waals surface area contributed by atoms with E-state index < -0.39 is 39.7 Å². The Morgan fingerprint density at radius 1 is 1.33 bits per heavy atom. The van der Waals surface area contributed by atoms with Crippen molar-refractivity contribution in [3.05, 3.63) is 29.8 Å². The average molecular weight is 277 g/mol. The molecule has 6 nitrogen and oxygen atoms in total. The molecule has 0 saturated carbocycles. The van der Waals surface area contributed by atoms with Crippen molar-refractivity contribution in [3.8, 4) is 0 Å². The molecule has 0 saturated heterocycles. The minimum absolute atomic E-state index is 0.325. The maximum Gasteiger partial charge on any atom is 0.332 e. The third-order valence-electron chi connectivity index (χ3n) is 2.28. The molecule has 0 heterocycles. The summed E-state index contributed by atoms with van der Waals surface area (Å²) in [5, 5.41) is 19.2. The molecule has 1 aromatic rings. The number of benzene rings is 1. The van der Waals surface area contributed by atoms with E-state index >= 15 is 0 Å². The van der Waals surface area contributed by atoms with Crippen LogP contribution in [0.4, 0.5) is 3.89 Å². The number of aliphatic hydroxyl groups is 2. The van der Waals surface area contributed by atoms with Gasteiger partial charge in [0.1, 0.15) is 11.0 Å². The van der Waals surface area contributed by atoms with Crippen molar-refractivity contribution in [2.75, 3.05) is 0 Å². The SMILES string of the molecule is NC(=O)CC(O)C(O)c1ccccc1S(=O)(=O)F. The second kappa shape index (κ2) is 5.42. The zero-order chi connectivity index (χ0) is 13.9. The van der Waals surface area contributed by atoms with Gasteiger partial charge >= 0.3 is 10.2 Å². The minimum atomic E-state index is -5.03. The zero-order valence-corrected chi connectivity index (χ0v) is 9.97. The number of halogens is 1. The first-order chi connectivity index (χ1) is 8.23. The molecule has 0 aromatic heterocycles. The fourth-order valence-electron chi connectivity index (χ4n) is 1.47. The Balaban J connectivity index is 3.14. The van der Waals surface area contributed by atoms with Gasteiger partial charge in [-0.1, -0.05) is 18.2 Å². The maximum atomic E-state index is 13.0. The van der Waals surface area contributed by atoms with Gasteiger partial charge in [-0.25, -0.2) is 0 Å². The van der Waals surface area contributed by atoms with Gasteiger partial charge in [0.15, 0.2) is 0 Å². The van der Waals surface area contributed by atoms with Crippen LogP contribution >= 0.6 is 0 Å². The predicted molar refractivity (Wildman–Crippen MR) is 59.5 cm³/mol. The summed E-state index contributed by atoms with van der Waals surface area (Å²) in [7, 11) is -5.03. The standard InChI is InChI=1S/C10H12FNO5S/c11-18(16,17)8-4-2-1-3-6(8)10(15)7(13)5-9(12)14/h1-4,7,10,13,15H,5H2,(H2,12,14). The van der Waals surface area contributed by atoms with Crippen LogP contribution in [0, 0.1) is 0 Å². The molecule has 0 radical (unpaired) electrons. The highest BCUT2D eigenvalue weighted by Crippen LogP contribution is 2.27. The van der Waals surface area contributed by atoms with E-state index in [-0.39, 0.29) is 5.56 Å². The highest BCUT2D eigenvalue weighted by Gasteiger charge is 2.27. The number of nitrogens with two attached hydrogens (primary N) is 1. The van der Waals surface area contributed by atoms with Crippen LogP contribution in [0.5, 0.6) is 0 Å². The summed E-state index contributed by atoms with van der Waals surface area (Å²) in [6.45, 7) is 0. The topological polar surface area (TPSA) is 118 Å². The Morgan fingerprint density at radius 2 is 1.89 bits per heavy atom. The minimum Gasteiger partial charge on any atom is -0.390 e. The fraction of sp³-hybridized carbons (Fsp3) is 0.300. The quantitative estimate of drug-likeness (QED) is 0.634. The lowest BCUT2D eigenvalue weighted by molar-refractivity contribution is -0.121. The monoisotopic (exact) mass is 277 g/mol. The molecule has 0 aliphatic heterocycles. The molecule has 1 amide bonds. The highest BCUT2D eigenvalue weighted by atomic mass is 32.3. The third kappa shape index (κ3) is 3.49. The molecule has 0 bridgehead atoms. The fourth-order valence-corrected chi connectivity index (χ4v) is 2.18. The number of rotatable bonds is 5. The number of hydrogen-bond donors (Lipinski definition) is 3. The van der Waals surface area contributed by atoms with Crippen LogP contribution in [0.2, 0.25) is 0 Å². The van der Waals surface area contributed by atoms with Crippen LogP contribution in [-0.4, -0.2) is 30.6 Å². The molecule has 0 spiro atoms. The summed E-state index contributed by atoms with van der Waals surface area (Å²) in [4.78, 5) is 9.84. The van der Waals surface area contributed by atoms with E-state index in [0.717, 1.165) is 12.1 Å². The Kier molecular flexibility index (Phi) is 4.38. The van der Waals surface area contributed by atoms with Crippen molar-refractivity contribution in [2.24, 2.45) is 5.73 Å². The smallest absolute Gasteiger partial charge is 0.332 e. The predicted octanol–water partition coefficient (Wildman–Crippen LogP) is -0.386. The molecule has 2 atom stereocenters. The first kappa shape index (κ1) is 14.6. The lowest BCUT2D eigenvalue weighted by Gasteiger charge is -2.18. The molecular formula is C10H12FNO5S. The number of carbonyl (C=O) groups is 1. The van der Waals surface area contributed by atoms with Crippen molar-refractivity contribution >= 4 is 16.1 Å². The van der Waals surface area contributed by atoms with Gasteiger partial charge in [-0.05, 0) is 6.07 Å².